The average Bonchev–Trinajstić information content (AvgIpc) is 2.84. The predicted octanol–water partition coefficient (Wildman–Crippen LogP) is 2.63. The van der Waals surface area contributed by atoms with Crippen molar-refractivity contribution in [1.29, 1.82) is 0 Å². The molecule has 0 aliphatic carbocycles. The molecule has 0 aliphatic rings. The number of benzene rings is 1. The zero-order valence-electron chi connectivity index (χ0n) is 11.2. The summed E-state index contributed by atoms with van der Waals surface area (Å²) in [6.45, 7) is 3.85. The lowest BCUT2D eigenvalue weighted by Gasteiger charge is -2.16. The van der Waals surface area contributed by atoms with Crippen molar-refractivity contribution >= 4 is 11.6 Å². The maximum absolute atomic E-state index is 6.03. The van der Waals surface area contributed by atoms with Gasteiger partial charge in [0.25, 0.3) is 0 Å². The van der Waals surface area contributed by atoms with Crippen LogP contribution < -0.4 is 5.32 Å². The molecule has 0 amide bonds. The smallest absolute Gasteiger partial charge is 0.105 e. The fourth-order valence-corrected chi connectivity index (χ4v) is 2.33. The van der Waals surface area contributed by atoms with E-state index in [0.717, 1.165) is 25.3 Å². The topological polar surface area (TPSA) is 29.9 Å². The van der Waals surface area contributed by atoms with Gasteiger partial charge in [0.15, 0.2) is 0 Å². The SMILES string of the molecule is Cc1nccn1CCNC(CCl)Cc1ccccc1. The number of halogens is 1. The first kappa shape index (κ1) is 14.1. The average molecular weight is 278 g/mol. The summed E-state index contributed by atoms with van der Waals surface area (Å²) in [5.41, 5.74) is 1.32. The van der Waals surface area contributed by atoms with Crippen molar-refractivity contribution in [2.75, 3.05) is 12.4 Å². The number of rotatable bonds is 7. The van der Waals surface area contributed by atoms with E-state index in [-0.39, 0.29) is 0 Å². The van der Waals surface area contributed by atoms with Gasteiger partial charge in [0, 0.05) is 37.4 Å². The largest absolute Gasteiger partial charge is 0.334 e. The molecule has 3 nitrogen and oxygen atoms in total. The second-order valence-corrected chi connectivity index (χ2v) is 4.97. The number of hydrogen-bond donors (Lipinski definition) is 1. The standard InChI is InChI=1S/C15H20ClN3/c1-13-17-7-9-19(13)10-8-18-15(12-16)11-14-5-3-2-4-6-14/h2-7,9,15,18H,8,10-12H2,1H3. The summed E-state index contributed by atoms with van der Waals surface area (Å²) in [7, 11) is 0. The van der Waals surface area contributed by atoms with E-state index in [1.54, 1.807) is 0 Å². The molecule has 1 unspecified atom stereocenters. The van der Waals surface area contributed by atoms with Gasteiger partial charge in [-0.15, -0.1) is 11.6 Å². The van der Waals surface area contributed by atoms with Crippen LogP contribution in [0.25, 0.3) is 0 Å². The number of imidazole rings is 1. The highest BCUT2D eigenvalue weighted by Crippen LogP contribution is 2.04. The van der Waals surface area contributed by atoms with Gasteiger partial charge < -0.3 is 9.88 Å². The summed E-state index contributed by atoms with van der Waals surface area (Å²) in [6.07, 6.45) is 4.80. The van der Waals surface area contributed by atoms with Crippen molar-refractivity contribution in [3.63, 3.8) is 0 Å². The molecule has 102 valence electrons. The van der Waals surface area contributed by atoms with Gasteiger partial charge in [0.1, 0.15) is 5.82 Å². The molecule has 4 heteroatoms. The fraction of sp³-hybridized carbons (Fsp3) is 0.400. The first-order valence-electron chi connectivity index (χ1n) is 6.60. The summed E-state index contributed by atoms with van der Waals surface area (Å²) >= 11 is 6.03. The van der Waals surface area contributed by atoms with Crippen LogP contribution >= 0.6 is 11.6 Å². The number of aryl methyl sites for hydroxylation is 1. The minimum atomic E-state index is 0.313. The van der Waals surface area contributed by atoms with Crippen molar-refractivity contribution in [2.24, 2.45) is 0 Å². The summed E-state index contributed by atoms with van der Waals surface area (Å²) in [5, 5.41) is 3.50. The molecule has 0 fully saturated rings. The Kier molecular flexibility index (Phi) is 5.43. The third kappa shape index (κ3) is 4.37. The van der Waals surface area contributed by atoms with Crippen molar-refractivity contribution in [3.05, 3.63) is 54.1 Å². The van der Waals surface area contributed by atoms with E-state index < -0.39 is 0 Å². The van der Waals surface area contributed by atoms with Gasteiger partial charge in [-0.3, -0.25) is 0 Å². The Morgan fingerprint density at radius 1 is 1.32 bits per heavy atom. The summed E-state index contributed by atoms with van der Waals surface area (Å²) in [5.74, 6) is 1.67. The van der Waals surface area contributed by atoms with Crippen LogP contribution in [0.3, 0.4) is 0 Å². The van der Waals surface area contributed by atoms with Crippen LogP contribution in [0.4, 0.5) is 0 Å². The minimum absolute atomic E-state index is 0.313. The zero-order chi connectivity index (χ0) is 13.5. The van der Waals surface area contributed by atoms with Crippen LogP contribution in [0.5, 0.6) is 0 Å². The number of aromatic nitrogens is 2. The van der Waals surface area contributed by atoms with E-state index in [1.165, 1.54) is 5.56 Å². The first-order chi connectivity index (χ1) is 9.29. The molecule has 1 heterocycles. The Hall–Kier alpha value is -1.32. The number of nitrogens with one attached hydrogen (secondary N) is 1. The van der Waals surface area contributed by atoms with Crippen LogP contribution in [-0.4, -0.2) is 28.0 Å². The molecular weight excluding hydrogens is 258 g/mol. The minimum Gasteiger partial charge on any atom is -0.334 e. The van der Waals surface area contributed by atoms with Crippen LogP contribution in [-0.2, 0) is 13.0 Å². The maximum Gasteiger partial charge on any atom is 0.105 e. The lowest BCUT2D eigenvalue weighted by Crippen LogP contribution is -2.35. The Morgan fingerprint density at radius 2 is 2.11 bits per heavy atom. The molecule has 2 aromatic rings. The molecule has 1 atom stereocenters. The molecule has 0 spiro atoms. The second kappa shape index (κ2) is 7.31. The molecule has 2 rings (SSSR count). The fourth-order valence-electron chi connectivity index (χ4n) is 2.11. The molecule has 1 N–H and O–H groups in total. The molecule has 0 saturated heterocycles. The monoisotopic (exact) mass is 277 g/mol. The van der Waals surface area contributed by atoms with Crippen molar-refractivity contribution < 1.29 is 0 Å². The summed E-state index contributed by atoms with van der Waals surface area (Å²) in [4.78, 5) is 4.21. The van der Waals surface area contributed by atoms with E-state index >= 15 is 0 Å². The lowest BCUT2D eigenvalue weighted by atomic mass is 10.1. The highest BCUT2D eigenvalue weighted by molar-refractivity contribution is 6.18. The molecule has 0 bridgehead atoms. The molecular formula is C15H20ClN3. The van der Waals surface area contributed by atoms with Crippen LogP contribution in [0.2, 0.25) is 0 Å². The van der Waals surface area contributed by atoms with Crippen molar-refractivity contribution in [2.45, 2.75) is 25.9 Å². The van der Waals surface area contributed by atoms with Gasteiger partial charge in [-0.1, -0.05) is 30.3 Å². The quantitative estimate of drug-likeness (QED) is 0.789. The van der Waals surface area contributed by atoms with Crippen molar-refractivity contribution in [3.8, 4) is 0 Å². The van der Waals surface area contributed by atoms with Gasteiger partial charge in [-0.2, -0.15) is 0 Å². The van der Waals surface area contributed by atoms with E-state index in [2.05, 4.69) is 39.1 Å². The van der Waals surface area contributed by atoms with Gasteiger partial charge in [-0.05, 0) is 18.9 Å². The third-order valence-electron chi connectivity index (χ3n) is 3.22. The lowest BCUT2D eigenvalue weighted by molar-refractivity contribution is 0.512. The molecule has 1 aromatic heterocycles. The highest BCUT2D eigenvalue weighted by Gasteiger charge is 2.07. The normalized spacial score (nSPS) is 12.5. The molecule has 1 aromatic carbocycles. The van der Waals surface area contributed by atoms with Gasteiger partial charge in [0.2, 0.25) is 0 Å². The Balaban J connectivity index is 1.78. The van der Waals surface area contributed by atoms with E-state index in [4.69, 9.17) is 11.6 Å². The van der Waals surface area contributed by atoms with Gasteiger partial charge in [-0.25, -0.2) is 4.98 Å². The highest BCUT2D eigenvalue weighted by atomic mass is 35.5. The van der Waals surface area contributed by atoms with Crippen LogP contribution in [0, 0.1) is 6.92 Å². The zero-order valence-corrected chi connectivity index (χ0v) is 12.0. The predicted molar refractivity (Wildman–Crippen MR) is 79.6 cm³/mol. The van der Waals surface area contributed by atoms with E-state index in [9.17, 15) is 0 Å². The van der Waals surface area contributed by atoms with E-state index in [1.807, 2.05) is 25.4 Å². The Morgan fingerprint density at radius 3 is 2.74 bits per heavy atom. The van der Waals surface area contributed by atoms with Crippen LogP contribution in [0.15, 0.2) is 42.7 Å². The number of alkyl halides is 1. The number of hydrogen-bond acceptors (Lipinski definition) is 2. The second-order valence-electron chi connectivity index (χ2n) is 4.66. The summed E-state index contributed by atoms with van der Waals surface area (Å²) in [6, 6.07) is 10.8. The maximum atomic E-state index is 6.03. The van der Waals surface area contributed by atoms with Gasteiger partial charge >= 0.3 is 0 Å². The van der Waals surface area contributed by atoms with Crippen molar-refractivity contribution in [1.82, 2.24) is 14.9 Å². The van der Waals surface area contributed by atoms with Gasteiger partial charge in [0.05, 0.1) is 0 Å². The third-order valence-corrected chi connectivity index (χ3v) is 3.59. The Bertz CT molecular complexity index is 481. The molecule has 0 saturated carbocycles. The molecule has 0 aliphatic heterocycles. The first-order valence-corrected chi connectivity index (χ1v) is 7.14. The Labute approximate surface area is 119 Å². The van der Waals surface area contributed by atoms with Crippen LogP contribution in [0.1, 0.15) is 11.4 Å². The molecule has 0 radical (unpaired) electrons. The number of nitrogens with zero attached hydrogens (tertiary/aromatic N) is 2. The summed E-state index contributed by atoms with van der Waals surface area (Å²) < 4.78 is 2.14. The molecule has 19 heavy (non-hydrogen) atoms. The van der Waals surface area contributed by atoms with E-state index in [0.29, 0.717) is 11.9 Å².